The molecule has 0 saturated heterocycles. The maximum absolute atomic E-state index is 6.01. The van der Waals surface area contributed by atoms with Crippen LogP contribution in [0.1, 0.15) is 24.0 Å². The predicted octanol–water partition coefficient (Wildman–Crippen LogP) is -0.253. The number of hydrogen-bond donors (Lipinski definition) is 0. The Bertz CT molecular complexity index is 904. The highest BCUT2D eigenvalue weighted by Crippen LogP contribution is 2.21. The second-order valence-corrected chi connectivity index (χ2v) is 9.05. The molecule has 0 unspecified atom stereocenters. The second-order valence-electron chi connectivity index (χ2n) is 9.05. The van der Waals surface area contributed by atoms with Crippen LogP contribution in [0.15, 0.2) is 18.6 Å². The molecular formula is C20H30N10O3. The Morgan fingerprint density at radius 2 is 0.970 bits per heavy atom. The van der Waals surface area contributed by atoms with Gasteiger partial charge in [-0.25, -0.2) is 0 Å². The highest BCUT2D eigenvalue weighted by molar-refractivity contribution is 4.93. The minimum Gasteiger partial charge on any atom is -0.374 e. The summed E-state index contributed by atoms with van der Waals surface area (Å²) in [5, 5.41) is 25.6. The Morgan fingerprint density at radius 3 is 1.33 bits per heavy atom. The molecule has 3 aliphatic heterocycles. The molecule has 178 valence electrons. The van der Waals surface area contributed by atoms with Crippen LogP contribution in [0.2, 0.25) is 0 Å². The summed E-state index contributed by atoms with van der Waals surface area (Å²) < 4.78 is 23.6. The van der Waals surface area contributed by atoms with Crippen LogP contribution >= 0.6 is 0 Å². The van der Waals surface area contributed by atoms with Crippen LogP contribution in [0.5, 0.6) is 0 Å². The first-order chi connectivity index (χ1) is 16.1. The Balaban J connectivity index is 1.42. The fourth-order valence-corrected chi connectivity index (χ4v) is 3.94. The van der Waals surface area contributed by atoms with Gasteiger partial charge in [-0.05, 0) is 0 Å². The first kappa shape index (κ1) is 22.1. The monoisotopic (exact) mass is 458 g/mol. The summed E-state index contributed by atoms with van der Waals surface area (Å²) in [5.74, 6) is 0. The van der Waals surface area contributed by atoms with Crippen molar-refractivity contribution in [3.8, 4) is 0 Å². The normalized spacial score (nSPS) is 25.5. The molecule has 13 nitrogen and oxygen atoms in total. The van der Waals surface area contributed by atoms with E-state index in [9.17, 15) is 0 Å². The quantitative estimate of drug-likeness (QED) is 0.445. The van der Waals surface area contributed by atoms with Crippen LogP contribution in [-0.4, -0.2) is 89.3 Å². The average Bonchev–Trinajstić information content (AvgIpc) is 3.54. The smallest absolute Gasteiger partial charge is 0.108 e. The predicted molar refractivity (Wildman–Crippen MR) is 114 cm³/mol. The highest BCUT2D eigenvalue weighted by Gasteiger charge is 2.27. The number of fused-ring (bicyclic) bond motifs is 9. The molecule has 3 aliphatic rings. The third kappa shape index (κ3) is 5.99. The minimum atomic E-state index is -0.362. The van der Waals surface area contributed by atoms with Crippen molar-refractivity contribution in [2.75, 3.05) is 39.5 Å². The van der Waals surface area contributed by atoms with Crippen LogP contribution in [0.3, 0.4) is 0 Å². The standard InChI is InChI=1S/C20H30N10O3/c1-20-14-31-11-17-8-28(24-21-17)5-2-27(3-6-29-9-18(22-25-29)12-32-15-20)4-7-30-10-19(23-26-30)13-33-16-20/h8-10H,2-7,11-16H2,1H3. The molecular weight excluding hydrogens is 428 g/mol. The second kappa shape index (κ2) is 10.0. The summed E-state index contributed by atoms with van der Waals surface area (Å²) in [6.45, 7) is 9.26. The summed E-state index contributed by atoms with van der Waals surface area (Å²) in [6.07, 6.45) is 5.84. The van der Waals surface area contributed by atoms with E-state index in [-0.39, 0.29) is 5.41 Å². The van der Waals surface area contributed by atoms with E-state index in [1.807, 2.05) is 32.6 Å². The molecule has 0 radical (unpaired) electrons. The Hall–Kier alpha value is -2.74. The summed E-state index contributed by atoms with van der Waals surface area (Å²) in [7, 11) is 0. The van der Waals surface area contributed by atoms with Gasteiger partial charge in [0.05, 0.1) is 77.9 Å². The Kier molecular flexibility index (Phi) is 6.71. The molecule has 13 heteroatoms. The fraction of sp³-hybridized carbons (Fsp3) is 0.700. The molecule has 0 spiro atoms. The van der Waals surface area contributed by atoms with Crippen LogP contribution < -0.4 is 0 Å². The van der Waals surface area contributed by atoms with Crippen molar-refractivity contribution in [3.63, 3.8) is 0 Å². The topological polar surface area (TPSA) is 123 Å². The molecule has 3 aromatic heterocycles. The van der Waals surface area contributed by atoms with Crippen molar-refractivity contribution in [2.45, 2.75) is 46.4 Å². The largest absolute Gasteiger partial charge is 0.374 e. The molecule has 0 aliphatic carbocycles. The van der Waals surface area contributed by atoms with Crippen LogP contribution in [0, 0.1) is 5.41 Å². The van der Waals surface area contributed by atoms with Gasteiger partial charge in [0.2, 0.25) is 0 Å². The van der Waals surface area contributed by atoms with Crippen LogP contribution in [-0.2, 0) is 53.7 Å². The third-order valence-electron chi connectivity index (χ3n) is 5.80. The van der Waals surface area contributed by atoms with E-state index in [1.54, 1.807) is 0 Å². The molecule has 0 amide bonds. The van der Waals surface area contributed by atoms with Crippen molar-refractivity contribution in [2.24, 2.45) is 5.41 Å². The first-order valence-electron chi connectivity index (χ1n) is 11.3. The third-order valence-corrected chi connectivity index (χ3v) is 5.80. The zero-order valence-electron chi connectivity index (χ0n) is 18.9. The Labute approximate surface area is 191 Å². The molecule has 0 N–H and O–H groups in total. The van der Waals surface area contributed by atoms with E-state index >= 15 is 0 Å². The molecule has 3 aromatic rings. The maximum atomic E-state index is 6.01. The van der Waals surface area contributed by atoms with Gasteiger partial charge < -0.3 is 14.2 Å². The minimum absolute atomic E-state index is 0.362. The molecule has 0 aromatic carbocycles. The summed E-state index contributed by atoms with van der Waals surface area (Å²) >= 11 is 0. The van der Waals surface area contributed by atoms with E-state index in [0.29, 0.717) is 39.6 Å². The maximum Gasteiger partial charge on any atom is 0.108 e. The van der Waals surface area contributed by atoms with Crippen molar-refractivity contribution < 1.29 is 14.2 Å². The van der Waals surface area contributed by atoms with E-state index < -0.39 is 0 Å². The zero-order valence-corrected chi connectivity index (χ0v) is 18.9. The molecule has 0 fully saturated rings. The van der Waals surface area contributed by atoms with Gasteiger partial charge in [-0.15, -0.1) is 15.3 Å². The van der Waals surface area contributed by atoms with Crippen molar-refractivity contribution in [3.05, 3.63) is 35.7 Å². The van der Waals surface area contributed by atoms with Gasteiger partial charge >= 0.3 is 0 Å². The van der Waals surface area contributed by atoms with E-state index in [2.05, 4.69) is 42.8 Å². The molecule has 0 atom stereocenters. The van der Waals surface area contributed by atoms with E-state index in [0.717, 1.165) is 56.4 Å². The number of hydrogen-bond acceptors (Lipinski definition) is 10. The van der Waals surface area contributed by atoms with Crippen LogP contribution in [0.25, 0.3) is 0 Å². The summed E-state index contributed by atoms with van der Waals surface area (Å²) in [4.78, 5) is 2.35. The number of ether oxygens (including phenoxy) is 3. The fourth-order valence-electron chi connectivity index (χ4n) is 3.94. The van der Waals surface area contributed by atoms with Crippen LogP contribution in [0.4, 0.5) is 0 Å². The van der Waals surface area contributed by atoms with Crippen molar-refractivity contribution in [1.82, 2.24) is 49.9 Å². The van der Waals surface area contributed by atoms with Gasteiger partial charge in [-0.1, -0.05) is 22.6 Å². The first-order valence-corrected chi connectivity index (χ1v) is 11.3. The van der Waals surface area contributed by atoms with Gasteiger partial charge in [-0.2, -0.15) is 0 Å². The number of nitrogens with zero attached hydrogens (tertiary/aromatic N) is 10. The molecule has 6 rings (SSSR count). The number of rotatable bonds is 0. The molecule has 8 bridgehead atoms. The van der Waals surface area contributed by atoms with E-state index in [4.69, 9.17) is 14.2 Å². The highest BCUT2D eigenvalue weighted by atomic mass is 16.5. The molecule has 6 heterocycles. The average molecular weight is 459 g/mol. The van der Waals surface area contributed by atoms with Crippen molar-refractivity contribution >= 4 is 0 Å². The summed E-state index contributed by atoms with van der Waals surface area (Å²) in [6, 6.07) is 0. The Morgan fingerprint density at radius 1 is 0.606 bits per heavy atom. The van der Waals surface area contributed by atoms with Gasteiger partial charge in [-0.3, -0.25) is 18.9 Å². The van der Waals surface area contributed by atoms with E-state index in [1.165, 1.54) is 0 Å². The van der Waals surface area contributed by atoms with Gasteiger partial charge in [0.15, 0.2) is 0 Å². The lowest BCUT2D eigenvalue weighted by atomic mass is 9.94. The summed E-state index contributed by atoms with van der Waals surface area (Å²) in [5.41, 5.74) is 2.07. The molecule has 0 saturated carbocycles. The zero-order chi connectivity index (χ0) is 22.5. The molecule has 33 heavy (non-hydrogen) atoms. The van der Waals surface area contributed by atoms with Gasteiger partial charge in [0.1, 0.15) is 17.1 Å². The van der Waals surface area contributed by atoms with Crippen molar-refractivity contribution in [1.29, 1.82) is 0 Å². The lowest BCUT2D eigenvalue weighted by Crippen LogP contribution is -2.34. The number of aromatic nitrogens is 9. The lowest BCUT2D eigenvalue weighted by Gasteiger charge is -2.28. The van der Waals surface area contributed by atoms with Gasteiger partial charge in [0.25, 0.3) is 0 Å². The lowest BCUT2D eigenvalue weighted by molar-refractivity contribution is -0.0717. The SMILES string of the molecule is CC12COCc3cn(nn3)CCN(CCn3cc(nn3)COC1)CCn1cc(nn1)COC2. The van der Waals surface area contributed by atoms with Gasteiger partial charge in [0, 0.05) is 25.0 Å².